The van der Waals surface area contributed by atoms with Crippen LogP contribution in [0.15, 0.2) is 48.5 Å². The first-order valence-electron chi connectivity index (χ1n) is 9.28. The standard InChI is InChI=1S/C22H25NO4/c1-3-13-25-19-9-5-17(6-10-19)8-12-22(24)23(4-2)15-18-7-11-20-21(14-18)27-16-26-20/h5-12,14H,3-4,13,15-16H2,1-2H3/b12-8+. The lowest BCUT2D eigenvalue weighted by atomic mass is 10.1. The van der Waals surface area contributed by atoms with Gasteiger partial charge in [0.1, 0.15) is 5.75 Å². The molecule has 1 aliphatic heterocycles. The van der Waals surface area contributed by atoms with E-state index < -0.39 is 0 Å². The van der Waals surface area contributed by atoms with Crippen molar-refractivity contribution in [2.24, 2.45) is 0 Å². The van der Waals surface area contributed by atoms with E-state index in [1.54, 1.807) is 11.0 Å². The Morgan fingerprint density at radius 2 is 1.89 bits per heavy atom. The average molecular weight is 367 g/mol. The molecule has 142 valence electrons. The van der Waals surface area contributed by atoms with Crippen LogP contribution in [0.3, 0.4) is 0 Å². The molecule has 0 atom stereocenters. The Morgan fingerprint density at radius 3 is 2.63 bits per heavy atom. The van der Waals surface area contributed by atoms with E-state index in [0.29, 0.717) is 19.7 Å². The second-order valence-electron chi connectivity index (χ2n) is 6.29. The second kappa shape index (κ2) is 9.12. The van der Waals surface area contributed by atoms with E-state index in [-0.39, 0.29) is 12.7 Å². The smallest absolute Gasteiger partial charge is 0.246 e. The van der Waals surface area contributed by atoms with Crippen molar-refractivity contribution in [3.8, 4) is 17.2 Å². The molecular weight excluding hydrogens is 342 g/mol. The van der Waals surface area contributed by atoms with E-state index in [1.165, 1.54) is 0 Å². The Balaban J connectivity index is 1.60. The third kappa shape index (κ3) is 5.03. The molecule has 1 amide bonds. The molecule has 2 aromatic rings. The minimum absolute atomic E-state index is 0.0264. The monoisotopic (exact) mass is 367 g/mol. The maximum atomic E-state index is 12.6. The van der Waals surface area contributed by atoms with Crippen molar-refractivity contribution in [2.75, 3.05) is 19.9 Å². The van der Waals surface area contributed by atoms with Crippen molar-refractivity contribution in [3.63, 3.8) is 0 Å². The van der Waals surface area contributed by atoms with Crippen molar-refractivity contribution in [3.05, 3.63) is 59.7 Å². The molecule has 5 heteroatoms. The van der Waals surface area contributed by atoms with Crippen LogP contribution in [-0.4, -0.2) is 30.8 Å². The molecule has 0 radical (unpaired) electrons. The van der Waals surface area contributed by atoms with Gasteiger partial charge in [0.2, 0.25) is 12.7 Å². The summed E-state index contributed by atoms with van der Waals surface area (Å²) in [6, 6.07) is 13.5. The van der Waals surface area contributed by atoms with Gasteiger partial charge in [-0.3, -0.25) is 4.79 Å². The summed E-state index contributed by atoms with van der Waals surface area (Å²) in [5.41, 5.74) is 1.98. The van der Waals surface area contributed by atoms with Crippen LogP contribution >= 0.6 is 0 Å². The van der Waals surface area contributed by atoms with E-state index in [9.17, 15) is 4.79 Å². The van der Waals surface area contributed by atoms with Crippen molar-refractivity contribution >= 4 is 12.0 Å². The Bertz CT molecular complexity index is 798. The minimum Gasteiger partial charge on any atom is -0.494 e. The summed E-state index contributed by atoms with van der Waals surface area (Å²) in [5.74, 6) is 2.30. The third-order valence-corrected chi connectivity index (χ3v) is 4.28. The summed E-state index contributed by atoms with van der Waals surface area (Å²) in [4.78, 5) is 14.3. The van der Waals surface area contributed by atoms with E-state index in [1.807, 2.05) is 55.5 Å². The first kappa shape index (κ1) is 18.8. The molecule has 5 nitrogen and oxygen atoms in total. The Hall–Kier alpha value is -2.95. The lowest BCUT2D eigenvalue weighted by Crippen LogP contribution is -2.28. The van der Waals surface area contributed by atoms with E-state index in [4.69, 9.17) is 14.2 Å². The van der Waals surface area contributed by atoms with Gasteiger partial charge >= 0.3 is 0 Å². The predicted octanol–water partition coefficient (Wildman–Crippen LogP) is 4.27. The number of ether oxygens (including phenoxy) is 3. The zero-order valence-corrected chi connectivity index (χ0v) is 15.8. The quantitative estimate of drug-likeness (QED) is 0.654. The van der Waals surface area contributed by atoms with Gasteiger partial charge in [0, 0.05) is 19.2 Å². The van der Waals surface area contributed by atoms with Crippen LogP contribution in [-0.2, 0) is 11.3 Å². The fourth-order valence-electron chi connectivity index (χ4n) is 2.77. The van der Waals surface area contributed by atoms with Gasteiger partial charge in [0.25, 0.3) is 0 Å². The fourth-order valence-corrected chi connectivity index (χ4v) is 2.77. The zero-order chi connectivity index (χ0) is 19.1. The first-order chi connectivity index (χ1) is 13.2. The molecule has 2 aromatic carbocycles. The molecule has 1 aliphatic rings. The van der Waals surface area contributed by atoms with Gasteiger partial charge in [-0.15, -0.1) is 0 Å². The molecular formula is C22H25NO4. The first-order valence-corrected chi connectivity index (χ1v) is 9.28. The highest BCUT2D eigenvalue weighted by Gasteiger charge is 2.15. The largest absolute Gasteiger partial charge is 0.494 e. The highest BCUT2D eigenvalue weighted by Crippen LogP contribution is 2.32. The predicted molar refractivity (Wildman–Crippen MR) is 105 cm³/mol. The third-order valence-electron chi connectivity index (χ3n) is 4.28. The van der Waals surface area contributed by atoms with Gasteiger partial charge in [0.15, 0.2) is 11.5 Å². The molecule has 0 saturated carbocycles. The molecule has 0 spiro atoms. The summed E-state index contributed by atoms with van der Waals surface area (Å²) in [5, 5.41) is 0. The Labute approximate surface area is 160 Å². The van der Waals surface area contributed by atoms with Gasteiger partial charge in [0.05, 0.1) is 6.61 Å². The molecule has 27 heavy (non-hydrogen) atoms. The number of nitrogens with zero attached hydrogens (tertiary/aromatic N) is 1. The summed E-state index contributed by atoms with van der Waals surface area (Å²) in [6.07, 6.45) is 4.42. The lowest BCUT2D eigenvalue weighted by Gasteiger charge is -2.19. The number of hydrogen-bond acceptors (Lipinski definition) is 4. The molecule has 0 aromatic heterocycles. The highest BCUT2D eigenvalue weighted by atomic mass is 16.7. The zero-order valence-electron chi connectivity index (χ0n) is 15.8. The number of rotatable bonds is 8. The highest BCUT2D eigenvalue weighted by molar-refractivity contribution is 5.91. The maximum absolute atomic E-state index is 12.6. The van der Waals surface area contributed by atoms with Gasteiger partial charge in [-0.2, -0.15) is 0 Å². The molecule has 0 bridgehead atoms. The van der Waals surface area contributed by atoms with Crippen LogP contribution in [0, 0.1) is 0 Å². The van der Waals surface area contributed by atoms with Gasteiger partial charge in [-0.1, -0.05) is 25.1 Å². The van der Waals surface area contributed by atoms with Crippen LogP contribution in [0.5, 0.6) is 17.2 Å². The lowest BCUT2D eigenvalue weighted by molar-refractivity contribution is -0.126. The van der Waals surface area contributed by atoms with Crippen LogP contribution in [0.1, 0.15) is 31.4 Å². The van der Waals surface area contributed by atoms with Crippen molar-refractivity contribution in [1.29, 1.82) is 0 Å². The number of fused-ring (bicyclic) bond motifs is 1. The minimum atomic E-state index is -0.0264. The SMILES string of the molecule is CCCOc1ccc(/C=C/C(=O)N(CC)Cc2ccc3c(c2)OCO3)cc1. The van der Waals surface area contributed by atoms with Crippen molar-refractivity contribution in [1.82, 2.24) is 4.90 Å². The molecule has 0 N–H and O–H groups in total. The van der Waals surface area contributed by atoms with Crippen molar-refractivity contribution in [2.45, 2.75) is 26.8 Å². The van der Waals surface area contributed by atoms with Gasteiger partial charge < -0.3 is 19.1 Å². The van der Waals surface area contributed by atoms with Crippen LogP contribution in [0.25, 0.3) is 6.08 Å². The normalized spacial score (nSPS) is 12.4. The number of hydrogen-bond donors (Lipinski definition) is 0. The fraction of sp³-hybridized carbons (Fsp3) is 0.318. The number of carbonyl (C=O) groups excluding carboxylic acids is 1. The molecule has 1 heterocycles. The van der Waals surface area contributed by atoms with Crippen LogP contribution in [0.2, 0.25) is 0 Å². The number of carbonyl (C=O) groups is 1. The van der Waals surface area contributed by atoms with Crippen LogP contribution < -0.4 is 14.2 Å². The van der Waals surface area contributed by atoms with Crippen LogP contribution in [0.4, 0.5) is 0 Å². The van der Waals surface area contributed by atoms with E-state index in [0.717, 1.165) is 34.8 Å². The number of likely N-dealkylation sites (N-methyl/N-ethyl adjacent to an activating group) is 1. The van der Waals surface area contributed by atoms with E-state index in [2.05, 4.69) is 6.92 Å². The molecule has 0 fully saturated rings. The van der Waals surface area contributed by atoms with Gasteiger partial charge in [-0.05, 0) is 54.8 Å². The second-order valence-corrected chi connectivity index (χ2v) is 6.29. The summed E-state index contributed by atoms with van der Waals surface area (Å²) < 4.78 is 16.3. The summed E-state index contributed by atoms with van der Waals surface area (Å²) in [6.45, 7) is 6.16. The Kier molecular flexibility index (Phi) is 6.36. The molecule has 0 unspecified atom stereocenters. The summed E-state index contributed by atoms with van der Waals surface area (Å²) >= 11 is 0. The average Bonchev–Trinajstić information content (AvgIpc) is 3.17. The van der Waals surface area contributed by atoms with E-state index >= 15 is 0 Å². The molecule has 3 rings (SSSR count). The summed E-state index contributed by atoms with van der Waals surface area (Å²) in [7, 11) is 0. The molecule has 0 aliphatic carbocycles. The topological polar surface area (TPSA) is 48.0 Å². The number of benzene rings is 2. The maximum Gasteiger partial charge on any atom is 0.246 e. The van der Waals surface area contributed by atoms with Gasteiger partial charge in [-0.25, -0.2) is 0 Å². The Morgan fingerprint density at radius 1 is 1.11 bits per heavy atom. The van der Waals surface area contributed by atoms with Crippen molar-refractivity contribution < 1.29 is 19.0 Å². The number of amides is 1. The molecule has 0 saturated heterocycles.